The number of piperidine rings is 1. The van der Waals surface area contributed by atoms with Crippen LogP contribution < -0.4 is 5.32 Å². The molecule has 1 fully saturated rings. The second-order valence-corrected chi connectivity index (χ2v) is 7.37. The standard InChI is InChI=1S/C16H33N3O.HI/c1-12-8-13(2)11-19(10-12)15(17-6)18-9-14(20-7)16(3,4)5;/h12-14H,8-11H2,1-7H3,(H,17,18);1H. The molecule has 0 amide bonds. The van der Waals surface area contributed by atoms with Gasteiger partial charge in [0.05, 0.1) is 6.10 Å². The number of ether oxygens (including phenoxy) is 1. The molecule has 1 aliphatic rings. The first-order valence-corrected chi connectivity index (χ1v) is 7.76. The highest BCUT2D eigenvalue weighted by molar-refractivity contribution is 14.0. The van der Waals surface area contributed by atoms with Crippen molar-refractivity contribution in [2.75, 3.05) is 33.8 Å². The molecular formula is C16H34IN3O. The van der Waals surface area contributed by atoms with Gasteiger partial charge in [0.1, 0.15) is 0 Å². The lowest BCUT2D eigenvalue weighted by molar-refractivity contribution is 0.0199. The molecule has 126 valence electrons. The number of aliphatic imine (C=N–C) groups is 1. The van der Waals surface area contributed by atoms with Gasteiger partial charge in [-0.2, -0.15) is 0 Å². The van der Waals surface area contributed by atoms with Crippen molar-refractivity contribution in [1.82, 2.24) is 10.2 Å². The van der Waals surface area contributed by atoms with Crippen molar-refractivity contribution < 1.29 is 4.74 Å². The van der Waals surface area contributed by atoms with E-state index >= 15 is 0 Å². The Labute approximate surface area is 148 Å². The van der Waals surface area contributed by atoms with Crippen LogP contribution in [0, 0.1) is 17.3 Å². The van der Waals surface area contributed by atoms with Crippen molar-refractivity contribution in [2.45, 2.75) is 47.1 Å². The van der Waals surface area contributed by atoms with Crippen LogP contribution in [0.5, 0.6) is 0 Å². The predicted octanol–water partition coefficient (Wildman–Crippen LogP) is 3.22. The fraction of sp³-hybridized carbons (Fsp3) is 0.938. The average molecular weight is 411 g/mol. The van der Waals surface area contributed by atoms with Gasteiger partial charge in [-0.15, -0.1) is 24.0 Å². The molecule has 1 aliphatic heterocycles. The van der Waals surface area contributed by atoms with Crippen LogP contribution in [-0.4, -0.2) is 50.8 Å². The fourth-order valence-corrected chi connectivity index (χ4v) is 3.10. The van der Waals surface area contributed by atoms with E-state index < -0.39 is 0 Å². The first kappa shape index (κ1) is 21.0. The lowest BCUT2D eigenvalue weighted by Crippen LogP contribution is -2.51. The van der Waals surface area contributed by atoms with Crippen molar-refractivity contribution in [1.29, 1.82) is 0 Å². The van der Waals surface area contributed by atoms with Crippen LogP contribution in [0.3, 0.4) is 0 Å². The third kappa shape index (κ3) is 6.72. The minimum atomic E-state index is 0. The van der Waals surface area contributed by atoms with Gasteiger partial charge in [-0.1, -0.05) is 34.6 Å². The van der Waals surface area contributed by atoms with Gasteiger partial charge >= 0.3 is 0 Å². The summed E-state index contributed by atoms with van der Waals surface area (Å²) in [4.78, 5) is 6.83. The van der Waals surface area contributed by atoms with Gasteiger partial charge in [0, 0.05) is 33.8 Å². The monoisotopic (exact) mass is 411 g/mol. The van der Waals surface area contributed by atoms with Gasteiger partial charge in [-0.25, -0.2) is 0 Å². The summed E-state index contributed by atoms with van der Waals surface area (Å²) in [6.07, 6.45) is 1.50. The second-order valence-electron chi connectivity index (χ2n) is 7.37. The number of likely N-dealkylation sites (tertiary alicyclic amines) is 1. The van der Waals surface area contributed by atoms with Crippen LogP contribution in [-0.2, 0) is 4.74 Å². The Bertz CT molecular complexity index is 318. The summed E-state index contributed by atoms with van der Waals surface area (Å²) in [7, 11) is 3.65. The minimum Gasteiger partial charge on any atom is -0.379 e. The molecule has 0 aromatic carbocycles. The predicted molar refractivity (Wildman–Crippen MR) is 102 cm³/mol. The van der Waals surface area contributed by atoms with Crippen LogP contribution in [0.25, 0.3) is 0 Å². The van der Waals surface area contributed by atoms with E-state index in [2.05, 4.69) is 49.8 Å². The summed E-state index contributed by atoms with van der Waals surface area (Å²) in [5.74, 6) is 2.48. The van der Waals surface area contributed by atoms with Gasteiger partial charge in [-0.3, -0.25) is 4.99 Å². The zero-order valence-corrected chi connectivity index (χ0v) is 17.1. The Kier molecular flexibility index (Phi) is 9.16. The minimum absolute atomic E-state index is 0. The number of guanidine groups is 1. The molecule has 21 heavy (non-hydrogen) atoms. The summed E-state index contributed by atoms with van der Waals surface area (Å²) in [5.41, 5.74) is 0.128. The Balaban J connectivity index is 0.00000400. The van der Waals surface area contributed by atoms with Crippen LogP contribution >= 0.6 is 24.0 Å². The van der Waals surface area contributed by atoms with Crippen LogP contribution in [0.4, 0.5) is 0 Å². The summed E-state index contributed by atoms with van der Waals surface area (Å²) in [6, 6.07) is 0. The molecule has 0 aromatic rings. The van der Waals surface area contributed by atoms with Crippen LogP contribution in [0.1, 0.15) is 41.0 Å². The SMILES string of the molecule is CN=C(NCC(OC)C(C)(C)C)N1CC(C)CC(C)C1.I. The molecule has 3 atom stereocenters. The molecule has 1 saturated heterocycles. The van der Waals surface area contributed by atoms with E-state index in [0.29, 0.717) is 0 Å². The van der Waals surface area contributed by atoms with Gasteiger partial charge in [-0.05, 0) is 23.7 Å². The zero-order chi connectivity index (χ0) is 15.3. The molecule has 0 aromatic heterocycles. The molecular weight excluding hydrogens is 377 g/mol. The van der Waals surface area contributed by atoms with Gasteiger partial charge in [0.15, 0.2) is 5.96 Å². The molecule has 1 N–H and O–H groups in total. The van der Waals surface area contributed by atoms with Crippen LogP contribution in [0.15, 0.2) is 4.99 Å². The quantitative estimate of drug-likeness (QED) is 0.440. The van der Waals surface area contributed by atoms with E-state index in [1.165, 1.54) is 6.42 Å². The summed E-state index contributed by atoms with van der Waals surface area (Å²) < 4.78 is 5.60. The topological polar surface area (TPSA) is 36.9 Å². The molecule has 0 aliphatic carbocycles. The largest absolute Gasteiger partial charge is 0.379 e. The maximum atomic E-state index is 5.60. The lowest BCUT2D eigenvalue weighted by Gasteiger charge is -2.38. The second kappa shape index (κ2) is 9.18. The van der Waals surface area contributed by atoms with Crippen molar-refractivity contribution >= 4 is 29.9 Å². The van der Waals surface area contributed by atoms with Crippen molar-refractivity contribution in [3.05, 3.63) is 0 Å². The van der Waals surface area contributed by atoms with Crippen molar-refractivity contribution in [3.63, 3.8) is 0 Å². The smallest absolute Gasteiger partial charge is 0.193 e. The Morgan fingerprint density at radius 3 is 2.19 bits per heavy atom. The molecule has 0 saturated carbocycles. The molecule has 4 nitrogen and oxygen atoms in total. The number of hydrogen-bond donors (Lipinski definition) is 1. The Morgan fingerprint density at radius 1 is 1.29 bits per heavy atom. The fourth-order valence-electron chi connectivity index (χ4n) is 3.10. The maximum Gasteiger partial charge on any atom is 0.193 e. The highest BCUT2D eigenvalue weighted by atomic mass is 127. The molecule has 3 unspecified atom stereocenters. The number of halogens is 1. The van der Waals surface area contributed by atoms with E-state index in [1.54, 1.807) is 7.11 Å². The molecule has 1 heterocycles. The number of hydrogen-bond acceptors (Lipinski definition) is 2. The summed E-state index contributed by atoms with van der Waals surface area (Å²) in [5, 5.41) is 3.49. The molecule has 0 spiro atoms. The molecule has 1 rings (SSSR count). The zero-order valence-electron chi connectivity index (χ0n) is 14.8. The first-order chi connectivity index (χ1) is 9.27. The van der Waals surface area contributed by atoms with Crippen LogP contribution in [0.2, 0.25) is 0 Å². The first-order valence-electron chi connectivity index (χ1n) is 7.76. The number of methoxy groups -OCH3 is 1. The highest BCUT2D eigenvalue weighted by Crippen LogP contribution is 2.22. The molecule has 5 heteroatoms. The Hall–Kier alpha value is -0.0400. The van der Waals surface area contributed by atoms with E-state index in [4.69, 9.17) is 4.74 Å². The number of rotatable bonds is 3. The average Bonchev–Trinajstić information content (AvgIpc) is 2.31. The third-order valence-electron chi connectivity index (χ3n) is 4.08. The molecule has 0 bridgehead atoms. The highest BCUT2D eigenvalue weighted by Gasteiger charge is 2.27. The number of nitrogens with zero attached hydrogens (tertiary/aromatic N) is 2. The van der Waals surface area contributed by atoms with Gasteiger partial charge < -0.3 is 15.0 Å². The summed E-state index contributed by atoms with van der Waals surface area (Å²) >= 11 is 0. The Morgan fingerprint density at radius 2 is 1.81 bits per heavy atom. The van der Waals surface area contributed by atoms with Gasteiger partial charge in [0.2, 0.25) is 0 Å². The lowest BCUT2D eigenvalue weighted by atomic mass is 9.89. The maximum absolute atomic E-state index is 5.60. The number of nitrogens with one attached hydrogen (secondary N) is 1. The van der Waals surface area contributed by atoms with E-state index in [0.717, 1.165) is 37.4 Å². The van der Waals surface area contributed by atoms with Crippen molar-refractivity contribution in [3.8, 4) is 0 Å². The normalized spacial score (nSPS) is 25.3. The van der Waals surface area contributed by atoms with Gasteiger partial charge in [0.25, 0.3) is 0 Å². The van der Waals surface area contributed by atoms with E-state index in [1.807, 2.05) is 7.05 Å². The van der Waals surface area contributed by atoms with E-state index in [9.17, 15) is 0 Å². The summed E-state index contributed by atoms with van der Waals surface area (Å²) in [6.45, 7) is 14.2. The third-order valence-corrected chi connectivity index (χ3v) is 4.08. The molecule has 0 radical (unpaired) electrons. The van der Waals surface area contributed by atoms with Crippen molar-refractivity contribution in [2.24, 2.45) is 22.2 Å². The van der Waals surface area contributed by atoms with E-state index in [-0.39, 0.29) is 35.5 Å².